The Balaban J connectivity index is 2.11. The van der Waals surface area contributed by atoms with E-state index in [0.29, 0.717) is 17.9 Å². The molecule has 0 aliphatic heterocycles. The SMILES string of the molecule is CC[C@H](C(=O)NC(C)(C)C)N(Cc1cccc(OC)c1)C(=O)CN(c1ccc(C)c(C)c1)S(=O)(=O)c1ccc(C)cc1. The molecule has 0 saturated carbocycles. The Kier molecular flexibility index (Phi) is 10.4. The fraction of sp³-hybridized carbons (Fsp3) is 0.394. The van der Waals surface area contributed by atoms with Gasteiger partial charge < -0.3 is 15.0 Å². The van der Waals surface area contributed by atoms with Crippen LogP contribution in [0.3, 0.4) is 0 Å². The lowest BCUT2D eigenvalue weighted by Crippen LogP contribution is -2.55. The molecular weight excluding hydrogens is 550 g/mol. The maximum absolute atomic E-state index is 14.2. The Morgan fingerprint density at radius 3 is 2.17 bits per heavy atom. The maximum atomic E-state index is 14.2. The molecule has 1 atom stereocenters. The minimum atomic E-state index is -4.13. The molecule has 0 aromatic heterocycles. The summed E-state index contributed by atoms with van der Waals surface area (Å²) in [5, 5.41) is 2.98. The van der Waals surface area contributed by atoms with Crippen molar-refractivity contribution in [3.63, 3.8) is 0 Å². The summed E-state index contributed by atoms with van der Waals surface area (Å²) in [6.45, 7) is 12.8. The Morgan fingerprint density at radius 2 is 1.60 bits per heavy atom. The first-order valence-corrected chi connectivity index (χ1v) is 15.5. The molecule has 3 aromatic rings. The molecule has 0 fully saturated rings. The first-order chi connectivity index (χ1) is 19.7. The summed E-state index contributed by atoms with van der Waals surface area (Å²) in [4.78, 5) is 29.3. The highest BCUT2D eigenvalue weighted by Crippen LogP contribution is 2.27. The molecule has 3 rings (SSSR count). The van der Waals surface area contributed by atoms with Gasteiger partial charge in [0.25, 0.3) is 10.0 Å². The highest BCUT2D eigenvalue weighted by molar-refractivity contribution is 7.92. The number of hydrogen-bond donors (Lipinski definition) is 1. The molecule has 0 radical (unpaired) electrons. The van der Waals surface area contributed by atoms with Gasteiger partial charge in [0.1, 0.15) is 18.3 Å². The monoisotopic (exact) mass is 593 g/mol. The topological polar surface area (TPSA) is 96.0 Å². The molecule has 3 aromatic carbocycles. The third-order valence-corrected chi connectivity index (χ3v) is 8.83. The van der Waals surface area contributed by atoms with Gasteiger partial charge in [-0.3, -0.25) is 13.9 Å². The molecular formula is C33H43N3O5S. The lowest BCUT2D eigenvalue weighted by atomic mass is 10.1. The molecule has 8 nitrogen and oxygen atoms in total. The Bertz CT molecular complexity index is 1510. The predicted octanol–water partition coefficient (Wildman–Crippen LogP) is 5.54. The molecule has 0 aliphatic carbocycles. The summed E-state index contributed by atoms with van der Waals surface area (Å²) in [5.74, 6) is -0.186. The van der Waals surface area contributed by atoms with Crippen LogP contribution in [-0.2, 0) is 26.2 Å². The van der Waals surface area contributed by atoms with Gasteiger partial charge in [-0.15, -0.1) is 0 Å². The highest BCUT2D eigenvalue weighted by Gasteiger charge is 2.34. The van der Waals surface area contributed by atoms with Crippen LogP contribution in [0, 0.1) is 20.8 Å². The van der Waals surface area contributed by atoms with Crippen LogP contribution in [0.25, 0.3) is 0 Å². The number of carbonyl (C=O) groups excluding carboxylic acids is 2. The van der Waals surface area contributed by atoms with E-state index in [9.17, 15) is 18.0 Å². The number of nitrogens with zero attached hydrogens (tertiary/aromatic N) is 2. The number of sulfonamides is 1. The van der Waals surface area contributed by atoms with Crippen LogP contribution in [0.5, 0.6) is 5.75 Å². The van der Waals surface area contributed by atoms with Crippen molar-refractivity contribution in [1.29, 1.82) is 0 Å². The highest BCUT2D eigenvalue weighted by atomic mass is 32.2. The van der Waals surface area contributed by atoms with Crippen molar-refractivity contribution in [2.45, 2.75) is 77.9 Å². The number of anilines is 1. The zero-order valence-corrected chi connectivity index (χ0v) is 26.7. The zero-order chi connectivity index (χ0) is 31.2. The van der Waals surface area contributed by atoms with E-state index < -0.39 is 34.1 Å². The van der Waals surface area contributed by atoms with E-state index in [1.165, 1.54) is 4.90 Å². The quantitative estimate of drug-likeness (QED) is 0.315. The minimum Gasteiger partial charge on any atom is -0.497 e. The van der Waals surface area contributed by atoms with Crippen LogP contribution in [0.4, 0.5) is 5.69 Å². The Labute approximate surface area is 250 Å². The van der Waals surface area contributed by atoms with E-state index >= 15 is 0 Å². The number of methoxy groups -OCH3 is 1. The first kappa shape index (κ1) is 32.7. The number of ether oxygens (including phenoxy) is 1. The molecule has 42 heavy (non-hydrogen) atoms. The second-order valence-electron chi connectivity index (χ2n) is 11.6. The second-order valence-corrected chi connectivity index (χ2v) is 13.5. The van der Waals surface area contributed by atoms with E-state index in [1.54, 1.807) is 55.6 Å². The predicted molar refractivity (Wildman–Crippen MR) is 167 cm³/mol. The summed E-state index contributed by atoms with van der Waals surface area (Å²) in [7, 11) is -2.57. The number of aryl methyl sites for hydroxylation is 3. The van der Waals surface area contributed by atoms with Crippen LogP contribution in [0.1, 0.15) is 56.4 Å². The number of carbonyl (C=O) groups is 2. The number of hydrogen-bond acceptors (Lipinski definition) is 5. The van der Waals surface area contributed by atoms with Gasteiger partial charge in [-0.2, -0.15) is 0 Å². The fourth-order valence-electron chi connectivity index (χ4n) is 4.59. The molecule has 0 spiro atoms. The first-order valence-electron chi connectivity index (χ1n) is 14.1. The zero-order valence-electron chi connectivity index (χ0n) is 25.9. The average Bonchev–Trinajstić information content (AvgIpc) is 2.92. The van der Waals surface area contributed by atoms with Gasteiger partial charge in [-0.1, -0.05) is 42.8 Å². The van der Waals surface area contributed by atoms with E-state index in [-0.39, 0.29) is 17.3 Å². The Hall–Kier alpha value is -3.85. The summed E-state index contributed by atoms with van der Waals surface area (Å²) >= 11 is 0. The minimum absolute atomic E-state index is 0.0796. The van der Waals surface area contributed by atoms with Crippen LogP contribution in [-0.4, -0.2) is 50.4 Å². The molecule has 0 aliphatic rings. The lowest BCUT2D eigenvalue weighted by molar-refractivity contribution is -0.141. The van der Waals surface area contributed by atoms with Crippen molar-refractivity contribution in [3.05, 3.63) is 89.0 Å². The second kappa shape index (κ2) is 13.4. The number of rotatable bonds is 11. The summed E-state index contributed by atoms with van der Waals surface area (Å²) in [6, 6.07) is 18.3. The molecule has 2 amide bonds. The van der Waals surface area contributed by atoms with Gasteiger partial charge in [-0.05, 0) is 101 Å². The third-order valence-electron chi connectivity index (χ3n) is 7.04. The standard InChI is InChI=1S/C33H43N3O5S/c1-9-30(32(38)34-33(5,6)7)35(21-26-11-10-12-28(20-26)41-8)31(37)22-36(27-16-15-24(3)25(4)19-27)42(39,40)29-17-13-23(2)14-18-29/h10-20,30H,9,21-22H2,1-8H3,(H,34,38)/t30-/m1/s1. The number of benzene rings is 3. The molecule has 9 heteroatoms. The molecule has 226 valence electrons. The molecule has 0 heterocycles. The molecule has 0 bridgehead atoms. The van der Waals surface area contributed by atoms with Gasteiger partial charge in [0, 0.05) is 12.1 Å². The van der Waals surface area contributed by atoms with Crippen molar-refractivity contribution in [2.24, 2.45) is 0 Å². The van der Waals surface area contributed by atoms with Crippen molar-refractivity contribution >= 4 is 27.5 Å². The lowest BCUT2D eigenvalue weighted by Gasteiger charge is -2.35. The van der Waals surface area contributed by atoms with Gasteiger partial charge in [-0.25, -0.2) is 8.42 Å². The summed E-state index contributed by atoms with van der Waals surface area (Å²) in [6.07, 6.45) is 0.339. The molecule has 0 saturated heterocycles. The Morgan fingerprint density at radius 1 is 0.929 bits per heavy atom. The fourth-order valence-corrected chi connectivity index (χ4v) is 5.99. The number of nitrogens with one attached hydrogen (secondary N) is 1. The van der Waals surface area contributed by atoms with Crippen LogP contribution in [0.15, 0.2) is 71.6 Å². The van der Waals surface area contributed by atoms with Crippen LogP contribution in [0.2, 0.25) is 0 Å². The van der Waals surface area contributed by atoms with Crippen LogP contribution >= 0.6 is 0 Å². The van der Waals surface area contributed by atoms with E-state index in [4.69, 9.17) is 4.74 Å². The van der Waals surface area contributed by atoms with E-state index in [0.717, 1.165) is 26.6 Å². The smallest absolute Gasteiger partial charge is 0.264 e. The van der Waals surface area contributed by atoms with Crippen molar-refractivity contribution in [2.75, 3.05) is 18.0 Å². The summed E-state index contributed by atoms with van der Waals surface area (Å²) in [5.41, 5.74) is 3.43. The summed E-state index contributed by atoms with van der Waals surface area (Å²) < 4.78 is 34.6. The van der Waals surface area contributed by atoms with Gasteiger partial charge in [0.2, 0.25) is 11.8 Å². The maximum Gasteiger partial charge on any atom is 0.264 e. The van der Waals surface area contributed by atoms with E-state index in [1.807, 2.05) is 66.7 Å². The van der Waals surface area contributed by atoms with E-state index in [2.05, 4.69) is 5.32 Å². The molecule has 1 N–H and O–H groups in total. The largest absolute Gasteiger partial charge is 0.497 e. The third kappa shape index (κ3) is 8.12. The van der Waals surface area contributed by atoms with Crippen molar-refractivity contribution in [1.82, 2.24) is 10.2 Å². The van der Waals surface area contributed by atoms with Crippen molar-refractivity contribution < 1.29 is 22.7 Å². The van der Waals surface area contributed by atoms with Gasteiger partial charge in [0.05, 0.1) is 17.7 Å². The normalized spacial score (nSPS) is 12.4. The molecule has 0 unspecified atom stereocenters. The van der Waals surface area contributed by atoms with Gasteiger partial charge >= 0.3 is 0 Å². The van der Waals surface area contributed by atoms with Crippen LogP contribution < -0.4 is 14.4 Å². The number of amides is 2. The average molecular weight is 594 g/mol. The van der Waals surface area contributed by atoms with Crippen molar-refractivity contribution in [3.8, 4) is 5.75 Å². The van der Waals surface area contributed by atoms with Gasteiger partial charge in [0.15, 0.2) is 0 Å².